The van der Waals surface area contributed by atoms with Crippen molar-refractivity contribution in [2.75, 3.05) is 0 Å². The summed E-state index contributed by atoms with van der Waals surface area (Å²) in [6.45, 7) is 6.64. The molecule has 0 atom stereocenters. The summed E-state index contributed by atoms with van der Waals surface area (Å²) in [5.41, 5.74) is 0.239. The first-order chi connectivity index (χ1) is 7.00. The lowest BCUT2D eigenvalue weighted by Crippen LogP contribution is -2.46. The van der Waals surface area contributed by atoms with Crippen LogP contribution in [0.15, 0.2) is 34.4 Å². The van der Waals surface area contributed by atoms with E-state index < -0.39 is 8.07 Å². The highest BCUT2D eigenvalue weighted by Crippen LogP contribution is 2.14. The van der Waals surface area contributed by atoms with Gasteiger partial charge < -0.3 is 0 Å². The van der Waals surface area contributed by atoms with Gasteiger partial charge in [-0.1, -0.05) is 31.8 Å². The molecule has 0 radical (unpaired) electrons. The average molecular weight is 234 g/mol. The van der Waals surface area contributed by atoms with Crippen molar-refractivity contribution in [3.8, 4) is 0 Å². The van der Waals surface area contributed by atoms with Crippen LogP contribution < -0.4 is 10.6 Å². The standard InChI is InChI=1S/C12H14OSSi/c1-15(2,3)11-8-14-10-7-5-4-6-9(10)12(11)13/h4-8H,1-3H3. The third kappa shape index (κ3) is 1.89. The van der Waals surface area contributed by atoms with E-state index in [0.717, 1.165) is 15.3 Å². The molecule has 2 rings (SSSR count). The fraction of sp³-hybridized carbons (Fsp3) is 0.250. The maximum Gasteiger partial charge on any atom is 0.187 e. The molecule has 2 aromatic rings. The minimum atomic E-state index is -1.50. The Kier molecular flexibility index (Phi) is 2.52. The van der Waals surface area contributed by atoms with Crippen LogP contribution in [0.2, 0.25) is 19.6 Å². The van der Waals surface area contributed by atoms with Crippen molar-refractivity contribution in [3.05, 3.63) is 39.9 Å². The molecule has 0 aliphatic rings. The second-order valence-electron chi connectivity index (χ2n) is 4.72. The molecule has 0 fully saturated rings. The van der Waals surface area contributed by atoms with Crippen LogP contribution in [0.25, 0.3) is 10.1 Å². The Morgan fingerprint density at radius 3 is 2.47 bits per heavy atom. The van der Waals surface area contributed by atoms with Gasteiger partial charge in [0.2, 0.25) is 0 Å². The van der Waals surface area contributed by atoms with Crippen molar-refractivity contribution in [2.45, 2.75) is 19.6 Å². The molecule has 0 spiro atoms. The minimum absolute atomic E-state index is 0.239. The Hall–Kier alpha value is -0.933. The molecule has 1 aromatic heterocycles. The Labute approximate surface area is 94.4 Å². The highest BCUT2D eigenvalue weighted by molar-refractivity contribution is 7.17. The lowest BCUT2D eigenvalue weighted by atomic mass is 10.2. The third-order valence-electron chi connectivity index (χ3n) is 2.49. The molecule has 0 unspecified atom stereocenters. The summed E-state index contributed by atoms with van der Waals surface area (Å²) in [5.74, 6) is 0. The lowest BCUT2D eigenvalue weighted by molar-refractivity contribution is 1.68. The summed E-state index contributed by atoms with van der Waals surface area (Å²) >= 11 is 1.68. The van der Waals surface area contributed by atoms with Crippen LogP contribution in [0.5, 0.6) is 0 Å². The lowest BCUT2D eigenvalue weighted by Gasteiger charge is -2.15. The Balaban J connectivity index is 2.83. The van der Waals surface area contributed by atoms with E-state index >= 15 is 0 Å². The van der Waals surface area contributed by atoms with Crippen molar-refractivity contribution < 1.29 is 0 Å². The molecule has 78 valence electrons. The second kappa shape index (κ2) is 3.58. The monoisotopic (exact) mass is 234 g/mol. The van der Waals surface area contributed by atoms with Gasteiger partial charge in [-0.15, -0.1) is 11.3 Å². The molecule has 1 aromatic carbocycles. The molecule has 0 aliphatic heterocycles. The van der Waals surface area contributed by atoms with Gasteiger partial charge in [0, 0.05) is 10.1 Å². The topological polar surface area (TPSA) is 17.1 Å². The second-order valence-corrected chi connectivity index (χ2v) is 10.7. The van der Waals surface area contributed by atoms with Gasteiger partial charge in [0.1, 0.15) is 0 Å². The zero-order valence-electron chi connectivity index (χ0n) is 9.20. The van der Waals surface area contributed by atoms with Crippen molar-refractivity contribution >= 4 is 34.7 Å². The van der Waals surface area contributed by atoms with Crippen LogP contribution in [0, 0.1) is 0 Å². The maximum atomic E-state index is 12.2. The molecule has 1 nitrogen and oxygen atoms in total. The van der Waals surface area contributed by atoms with Crippen molar-refractivity contribution in [1.82, 2.24) is 0 Å². The Bertz CT molecular complexity index is 551. The van der Waals surface area contributed by atoms with Crippen molar-refractivity contribution in [3.63, 3.8) is 0 Å². The molecular formula is C12H14OSSi. The van der Waals surface area contributed by atoms with Crippen LogP contribution in [0.1, 0.15) is 0 Å². The van der Waals surface area contributed by atoms with E-state index in [0.29, 0.717) is 0 Å². The SMILES string of the molecule is C[Si](C)(C)c1csc2ccccc2c1=O. The number of benzene rings is 1. The largest absolute Gasteiger partial charge is 0.289 e. The number of rotatable bonds is 1. The van der Waals surface area contributed by atoms with Crippen LogP contribution >= 0.6 is 11.3 Å². The summed E-state index contributed by atoms with van der Waals surface area (Å²) in [6.07, 6.45) is 0. The van der Waals surface area contributed by atoms with Crippen molar-refractivity contribution in [2.24, 2.45) is 0 Å². The van der Waals surface area contributed by atoms with Gasteiger partial charge in [-0.3, -0.25) is 4.79 Å². The highest BCUT2D eigenvalue weighted by Gasteiger charge is 2.20. The molecule has 0 saturated heterocycles. The van der Waals surface area contributed by atoms with Gasteiger partial charge in [-0.2, -0.15) is 0 Å². The highest BCUT2D eigenvalue weighted by atomic mass is 32.1. The van der Waals surface area contributed by atoms with Gasteiger partial charge in [-0.25, -0.2) is 0 Å². The van der Waals surface area contributed by atoms with Gasteiger partial charge in [0.05, 0.1) is 8.07 Å². The third-order valence-corrected chi connectivity index (χ3v) is 5.65. The van der Waals surface area contributed by atoms with Gasteiger partial charge in [0.25, 0.3) is 0 Å². The zero-order valence-corrected chi connectivity index (χ0v) is 11.0. The molecule has 0 amide bonds. The van der Waals surface area contributed by atoms with E-state index in [1.165, 1.54) is 0 Å². The van der Waals surface area contributed by atoms with Crippen LogP contribution in [0.3, 0.4) is 0 Å². The molecule has 1 heterocycles. The smallest absolute Gasteiger partial charge is 0.187 e. The summed E-state index contributed by atoms with van der Waals surface area (Å²) < 4.78 is 1.09. The maximum absolute atomic E-state index is 12.2. The fourth-order valence-electron chi connectivity index (χ4n) is 1.60. The molecule has 3 heteroatoms. The molecule has 0 saturated carbocycles. The fourth-order valence-corrected chi connectivity index (χ4v) is 4.80. The predicted molar refractivity (Wildman–Crippen MR) is 71.1 cm³/mol. The minimum Gasteiger partial charge on any atom is -0.289 e. The predicted octanol–water partition coefficient (Wildman–Crippen LogP) is 2.81. The van der Waals surface area contributed by atoms with Gasteiger partial charge in [0.15, 0.2) is 5.43 Å². The average Bonchev–Trinajstić information content (AvgIpc) is 2.16. The van der Waals surface area contributed by atoms with E-state index in [4.69, 9.17) is 0 Å². The summed E-state index contributed by atoms with van der Waals surface area (Å²) in [6, 6.07) is 7.85. The summed E-state index contributed by atoms with van der Waals surface area (Å²) in [4.78, 5) is 12.2. The van der Waals surface area contributed by atoms with Crippen molar-refractivity contribution in [1.29, 1.82) is 0 Å². The number of fused-ring (bicyclic) bond motifs is 1. The quantitative estimate of drug-likeness (QED) is 0.693. The van der Waals surface area contributed by atoms with E-state index in [9.17, 15) is 4.79 Å². The summed E-state index contributed by atoms with van der Waals surface area (Å²) in [5, 5.41) is 3.98. The molecular weight excluding hydrogens is 220 g/mol. The summed E-state index contributed by atoms with van der Waals surface area (Å²) in [7, 11) is -1.50. The first-order valence-corrected chi connectivity index (χ1v) is 9.39. The van der Waals surface area contributed by atoms with E-state index in [-0.39, 0.29) is 5.43 Å². The Morgan fingerprint density at radius 2 is 1.80 bits per heavy atom. The number of hydrogen-bond donors (Lipinski definition) is 0. The van der Waals surface area contributed by atoms with E-state index in [1.807, 2.05) is 24.3 Å². The normalized spacial score (nSPS) is 11.9. The van der Waals surface area contributed by atoms with Crippen LogP contribution in [0.4, 0.5) is 0 Å². The first kappa shape index (κ1) is 10.6. The molecule has 0 bridgehead atoms. The molecule has 0 aliphatic carbocycles. The zero-order chi connectivity index (χ0) is 11.1. The Morgan fingerprint density at radius 1 is 1.13 bits per heavy atom. The van der Waals surface area contributed by atoms with Crippen LogP contribution in [-0.2, 0) is 0 Å². The van der Waals surface area contributed by atoms with E-state index in [2.05, 4.69) is 25.0 Å². The molecule has 0 N–H and O–H groups in total. The number of hydrogen-bond acceptors (Lipinski definition) is 2. The first-order valence-electron chi connectivity index (χ1n) is 5.01. The van der Waals surface area contributed by atoms with E-state index in [1.54, 1.807) is 11.3 Å². The van der Waals surface area contributed by atoms with Gasteiger partial charge in [-0.05, 0) is 22.7 Å². The van der Waals surface area contributed by atoms with Crippen LogP contribution in [-0.4, -0.2) is 8.07 Å². The van der Waals surface area contributed by atoms with Gasteiger partial charge >= 0.3 is 0 Å². The molecule has 15 heavy (non-hydrogen) atoms.